The molecule has 0 unspecified atom stereocenters. The smallest absolute Gasteiger partial charge is 0.252 e. The SMILES string of the molecule is Cc1ccc(C(=O)NCc2cccc(C(N)=O)c2)c(Br)c1. The van der Waals surface area contributed by atoms with Crippen LogP contribution in [0.15, 0.2) is 46.9 Å². The van der Waals surface area contributed by atoms with Crippen molar-refractivity contribution in [2.75, 3.05) is 0 Å². The van der Waals surface area contributed by atoms with Gasteiger partial charge < -0.3 is 11.1 Å². The maximum absolute atomic E-state index is 12.1. The Morgan fingerprint density at radius 1 is 1.19 bits per heavy atom. The fourth-order valence-electron chi connectivity index (χ4n) is 1.92. The molecule has 3 N–H and O–H groups in total. The van der Waals surface area contributed by atoms with Gasteiger partial charge in [0, 0.05) is 16.6 Å². The van der Waals surface area contributed by atoms with Crippen molar-refractivity contribution in [3.63, 3.8) is 0 Å². The molecule has 0 fully saturated rings. The van der Waals surface area contributed by atoms with Crippen LogP contribution in [0.2, 0.25) is 0 Å². The number of benzene rings is 2. The van der Waals surface area contributed by atoms with Crippen LogP contribution in [-0.4, -0.2) is 11.8 Å². The van der Waals surface area contributed by atoms with Crippen molar-refractivity contribution >= 4 is 27.7 Å². The molecule has 0 saturated carbocycles. The highest BCUT2D eigenvalue weighted by molar-refractivity contribution is 9.10. The van der Waals surface area contributed by atoms with Crippen LogP contribution >= 0.6 is 15.9 Å². The average molecular weight is 347 g/mol. The van der Waals surface area contributed by atoms with E-state index in [0.717, 1.165) is 15.6 Å². The summed E-state index contributed by atoms with van der Waals surface area (Å²) >= 11 is 3.38. The van der Waals surface area contributed by atoms with Crippen molar-refractivity contribution in [1.82, 2.24) is 5.32 Å². The van der Waals surface area contributed by atoms with Gasteiger partial charge in [-0.3, -0.25) is 9.59 Å². The Kier molecular flexibility index (Phi) is 4.75. The van der Waals surface area contributed by atoms with Gasteiger partial charge in [-0.25, -0.2) is 0 Å². The molecule has 2 aromatic carbocycles. The van der Waals surface area contributed by atoms with Crippen LogP contribution in [0.1, 0.15) is 31.8 Å². The average Bonchev–Trinajstić information content (AvgIpc) is 2.45. The minimum Gasteiger partial charge on any atom is -0.366 e. The Morgan fingerprint density at radius 3 is 2.62 bits per heavy atom. The summed E-state index contributed by atoms with van der Waals surface area (Å²) in [5, 5.41) is 2.82. The van der Waals surface area contributed by atoms with E-state index in [-0.39, 0.29) is 5.91 Å². The monoisotopic (exact) mass is 346 g/mol. The first-order valence-electron chi connectivity index (χ1n) is 6.40. The highest BCUT2D eigenvalue weighted by Gasteiger charge is 2.10. The summed E-state index contributed by atoms with van der Waals surface area (Å²) in [5.41, 5.74) is 8.13. The Labute approximate surface area is 131 Å². The summed E-state index contributed by atoms with van der Waals surface area (Å²) in [5.74, 6) is -0.657. The molecule has 0 aromatic heterocycles. The van der Waals surface area contributed by atoms with Gasteiger partial charge in [-0.15, -0.1) is 0 Å². The number of hydrogen-bond donors (Lipinski definition) is 2. The molecule has 0 spiro atoms. The molecule has 0 bridgehead atoms. The molecule has 2 amide bonds. The third kappa shape index (κ3) is 3.92. The minimum absolute atomic E-state index is 0.175. The van der Waals surface area contributed by atoms with E-state index in [9.17, 15) is 9.59 Å². The van der Waals surface area contributed by atoms with Crippen molar-refractivity contribution in [2.45, 2.75) is 13.5 Å². The zero-order valence-corrected chi connectivity index (χ0v) is 13.1. The van der Waals surface area contributed by atoms with Gasteiger partial charge in [-0.2, -0.15) is 0 Å². The molecule has 0 saturated heterocycles. The van der Waals surface area contributed by atoms with Crippen LogP contribution in [-0.2, 0) is 6.54 Å². The van der Waals surface area contributed by atoms with Crippen LogP contribution in [0.4, 0.5) is 0 Å². The number of hydrogen-bond acceptors (Lipinski definition) is 2. The normalized spacial score (nSPS) is 10.2. The van der Waals surface area contributed by atoms with Crippen molar-refractivity contribution in [3.8, 4) is 0 Å². The van der Waals surface area contributed by atoms with E-state index in [4.69, 9.17) is 5.73 Å². The van der Waals surface area contributed by atoms with E-state index in [0.29, 0.717) is 17.7 Å². The van der Waals surface area contributed by atoms with E-state index >= 15 is 0 Å². The lowest BCUT2D eigenvalue weighted by atomic mass is 10.1. The number of aryl methyl sites for hydroxylation is 1. The molecule has 0 atom stereocenters. The first-order chi connectivity index (χ1) is 9.97. The van der Waals surface area contributed by atoms with Crippen molar-refractivity contribution in [1.29, 1.82) is 0 Å². The predicted octanol–water partition coefficient (Wildman–Crippen LogP) is 2.79. The van der Waals surface area contributed by atoms with Crippen molar-refractivity contribution < 1.29 is 9.59 Å². The molecule has 108 valence electrons. The zero-order chi connectivity index (χ0) is 15.4. The third-order valence-electron chi connectivity index (χ3n) is 3.03. The molecule has 4 nitrogen and oxygen atoms in total. The van der Waals surface area contributed by atoms with Gasteiger partial charge in [0.2, 0.25) is 5.91 Å². The van der Waals surface area contributed by atoms with Crippen LogP contribution < -0.4 is 11.1 Å². The van der Waals surface area contributed by atoms with Crippen LogP contribution in [0, 0.1) is 6.92 Å². The number of nitrogens with one attached hydrogen (secondary N) is 1. The molecule has 2 aromatic rings. The van der Waals surface area contributed by atoms with Gasteiger partial charge in [-0.1, -0.05) is 18.2 Å². The largest absolute Gasteiger partial charge is 0.366 e. The summed E-state index contributed by atoms with van der Waals surface area (Å²) < 4.78 is 0.755. The second-order valence-corrected chi connectivity index (χ2v) is 5.58. The Bertz CT molecular complexity index is 698. The lowest BCUT2D eigenvalue weighted by molar-refractivity contribution is 0.0949. The fourth-order valence-corrected chi connectivity index (χ4v) is 2.59. The molecule has 2 rings (SSSR count). The highest BCUT2D eigenvalue weighted by Crippen LogP contribution is 2.18. The van der Waals surface area contributed by atoms with Gasteiger partial charge in [0.15, 0.2) is 0 Å². The van der Waals surface area contributed by atoms with E-state index in [2.05, 4.69) is 21.2 Å². The highest BCUT2D eigenvalue weighted by atomic mass is 79.9. The molecule has 0 heterocycles. The molecular formula is C16H15BrN2O2. The van der Waals surface area contributed by atoms with Gasteiger partial charge in [0.1, 0.15) is 0 Å². The number of halogens is 1. The molecule has 0 radical (unpaired) electrons. The van der Waals surface area contributed by atoms with E-state index in [1.54, 1.807) is 24.3 Å². The van der Waals surface area contributed by atoms with Crippen LogP contribution in [0.25, 0.3) is 0 Å². The number of amides is 2. The first kappa shape index (κ1) is 15.3. The summed E-state index contributed by atoms with van der Waals surface area (Å²) in [6.45, 7) is 2.29. The summed E-state index contributed by atoms with van der Waals surface area (Å²) in [7, 11) is 0. The maximum Gasteiger partial charge on any atom is 0.252 e. The molecule has 0 aliphatic rings. The predicted molar refractivity (Wildman–Crippen MR) is 85.0 cm³/mol. The van der Waals surface area contributed by atoms with Crippen LogP contribution in [0.3, 0.4) is 0 Å². The Balaban J connectivity index is 2.07. The Morgan fingerprint density at radius 2 is 1.95 bits per heavy atom. The van der Waals surface area contributed by atoms with Gasteiger partial charge in [0.25, 0.3) is 5.91 Å². The topological polar surface area (TPSA) is 72.2 Å². The van der Waals surface area contributed by atoms with Gasteiger partial charge in [0.05, 0.1) is 5.56 Å². The molecule has 0 aliphatic carbocycles. The molecule has 21 heavy (non-hydrogen) atoms. The second-order valence-electron chi connectivity index (χ2n) is 4.73. The van der Waals surface area contributed by atoms with E-state index in [1.165, 1.54) is 0 Å². The first-order valence-corrected chi connectivity index (χ1v) is 7.20. The van der Waals surface area contributed by atoms with Crippen molar-refractivity contribution in [3.05, 3.63) is 69.2 Å². The molecule has 0 aliphatic heterocycles. The third-order valence-corrected chi connectivity index (χ3v) is 3.69. The number of rotatable bonds is 4. The fraction of sp³-hybridized carbons (Fsp3) is 0.125. The summed E-state index contributed by atoms with van der Waals surface area (Å²) in [4.78, 5) is 23.3. The summed E-state index contributed by atoms with van der Waals surface area (Å²) in [6, 6.07) is 12.4. The number of carbonyl (C=O) groups is 2. The van der Waals surface area contributed by atoms with Crippen LogP contribution in [0.5, 0.6) is 0 Å². The number of carbonyl (C=O) groups excluding carboxylic acids is 2. The lowest BCUT2D eigenvalue weighted by Crippen LogP contribution is -2.23. The minimum atomic E-state index is -0.482. The number of primary amides is 1. The maximum atomic E-state index is 12.1. The van der Waals surface area contributed by atoms with Gasteiger partial charge in [-0.05, 0) is 58.2 Å². The molecule has 5 heteroatoms. The molecular weight excluding hydrogens is 332 g/mol. The standard InChI is InChI=1S/C16H15BrN2O2/c1-10-5-6-13(14(17)7-10)16(21)19-9-11-3-2-4-12(8-11)15(18)20/h2-8H,9H2,1H3,(H2,18,20)(H,19,21). The van der Waals surface area contributed by atoms with Gasteiger partial charge >= 0.3 is 0 Å². The zero-order valence-electron chi connectivity index (χ0n) is 11.5. The summed E-state index contributed by atoms with van der Waals surface area (Å²) in [6.07, 6.45) is 0. The lowest BCUT2D eigenvalue weighted by Gasteiger charge is -2.08. The second kappa shape index (κ2) is 6.54. The number of nitrogens with two attached hydrogens (primary N) is 1. The quantitative estimate of drug-likeness (QED) is 0.893. The Hall–Kier alpha value is -2.14. The van der Waals surface area contributed by atoms with E-state index in [1.807, 2.05) is 25.1 Å². The van der Waals surface area contributed by atoms with E-state index < -0.39 is 5.91 Å². The van der Waals surface area contributed by atoms with Crippen molar-refractivity contribution in [2.24, 2.45) is 5.73 Å².